The van der Waals surface area contributed by atoms with Gasteiger partial charge in [0, 0.05) is 0 Å². The van der Waals surface area contributed by atoms with Crippen molar-refractivity contribution in [3.8, 4) is 0 Å². The molecule has 0 aliphatic heterocycles. The van der Waals surface area contributed by atoms with Crippen LogP contribution < -0.4 is 5.10 Å². The van der Waals surface area contributed by atoms with Crippen LogP contribution in [0.3, 0.4) is 0 Å². The van der Waals surface area contributed by atoms with Crippen LogP contribution in [-0.4, -0.2) is 15.7 Å². The third-order valence-electron chi connectivity index (χ3n) is 0.718. The molecule has 0 aliphatic rings. The Morgan fingerprint density at radius 3 is 2.82 bits per heavy atom. The fourth-order valence-electron chi connectivity index (χ4n) is 0.401. The van der Waals surface area contributed by atoms with Crippen LogP contribution in [0, 0.1) is 0 Å². The van der Waals surface area contributed by atoms with E-state index in [1.54, 1.807) is 18.5 Å². The molecule has 0 aromatic carbocycles. The normalized spacial score (nSPS) is 8.91. The number of aromatic nitrogens is 2. The second-order valence-electron chi connectivity index (χ2n) is 1.30. The van der Waals surface area contributed by atoms with Crippen LogP contribution in [0.4, 0.5) is 5.82 Å². The molecular formula is C7H10N3W-. The molecule has 11 heavy (non-hydrogen) atoms. The zero-order chi connectivity index (χ0) is 8.53. The summed E-state index contributed by atoms with van der Waals surface area (Å²) in [5.41, 5.74) is 0. The van der Waals surface area contributed by atoms with Crippen molar-refractivity contribution in [3.63, 3.8) is 0 Å². The first kappa shape index (κ1) is 10.4. The minimum atomic E-state index is 0.674. The Kier molecular flexibility index (Phi) is 7.16. The van der Waals surface area contributed by atoms with E-state index in [1.807, 2.05) is 18.2 Å². The zero-order valence-corrected chi connectivity index (χ0v) is 9.49. The SMILES string of the molecule is CC.[W]=[CH]/C=N\c1ccn[n-]1. The second-order valence-corrected chi connectivity index (χ2v) is 2.28. The monoisotopic (exact) mass is 320 g/mol. The van der Waals surface area contributed by atoms with Crippen LogP contribution in [0.2, 0.25) is 0 Å². The third-order valence-corrected chi connectivity index (χ3v) is 1.16. The molecule has 0 aliphatic carbocycles. The summed E-state index contributed by atoms with van der Waals surface area (Å²) >= 11 is 1.38. The Morgan fingerprint density at radius 2 is 2.36 bits per heavy atom. The molecule has 3 nitrogen and oxygen atoms in total. The molecule has 0 spiro atoms. The second kappa shape index (κ2) is 7.54. The molecule has 0 unspecified atom stereocenters. The van der Waals surface area contributed by atoms with Crippen molar-refractivity contribution in [2.24, 2.45) is 4.99 Å². The van der Waals surface area contributed by atoms with Crippen molar-refractivity contribution >= 4 is 16.4 Å². The molecule has 0 N–H and O–H groups in total. The molecule has 0 bridgehead atoms. The fourth-order valence-corrected chi connectivity index (χ4v) is 0.620. The number of aliphatic imine (C=N–C) groups is 1. The van der Waals surface area contributed by atoms with Gasteiger partial charge in [0.25, 0.3) is 0 Å². The summed E-state index contributed by atoms with van der Waals surface area (Å²) in [7, 11) is 0. The van der Waals surface area contributed by atoms with Gasteiger partial charge < -0.3 is 0 Å². The minimum absolute atomic E-state index is 0.674. The summed E-state index contributed by atoms with van der Waals surface area (Å²) in [6.45, 7) is 4.00. The summed E-state index contributed by atoms with van der Waals surface area (Å²) < 4.78 is 1.93. The molecular weight excluding hydrogens is 310 g/mol. The van der Waals surface area contributed by atoms with E-state index in [9.17, 15) is 0 Å². The van der Waals surface area contributed by atoms with Gasteiger partial charge >= 0.3 is 63.2 Å². The number of hydrogen-bond donors (Lipinski definition) is 0. The van der Waals surface area contributed by atoms with Gasteiger partial charge in [-0.2, -0.15) is 0 Å². The predicted molar refractivity (Wildman–Crippen MR) is 43.1 cm³/mol. The number of nitrogens with zero attached hydrogens (tertiary/aromatic N) is 3. The summed E-state index contributed by atoms with van der Waals surface area (Å²) in [6, 6.07) is 1.76. The van der Waals surface area contributed by atoms with E-state index in [2.05, 4.69) is 15.2 Å². The van der Waals surface area contributed by atoms with Gasteiger partial charge in [-0.3, -0.25) is 0 Å². The first-order valence-corrected chi connectivity index (χ1v) is 5.05. The molecule has 1 aromatic heterocycles. The Hall–Kier alpha value is -0.562. The van der Waals surface area contributed by atoms with Crippen molar-refractivity contribution in [1.29, 1.82) is 0 Å². The van der Waals surface area contributed by atoms with E-state index < -0.39 is 0 Å². The first-order chi connectivity index (χ1) is 5.43. The molecule has 0 amide bonds. The van der Waals surface area contributed by atoms with Crippen LogP contribution >= 0.6 is 0 Å². The van der Waals surface area contributed by atoms with Crippen molar-refractivity contribution < 1.29 is 19.4 Å². The standard InChI is InChI=1S/C5H4N3.C2H6.W/c1-2-6-5-3-4-7-8-5;1-2;/h1-4H;1-2H3;/q-1;;/b6-2-;;. The van der Waals surface area contributed by atoms with Gasteiger partial charge in [0.15, 0.2) is 0 Å². The molecule has 1 heterocycles. The van der Waals surface area contributed by atoms with Gasteiger partial charge in [0.2, 0.25) is 0 Å². The molecule has 60 valence electrons. The van der Waals surface area contributed by atoms with Crippen LogP contribution in [0.25, 0.3) is 0 Å². The van der Waals surface area contributed by atoms with Crippen LogP contribution in [-0.2, 0) is 19.4 Å². The van der Waals surface area contributed by atoms with E-state index >= 15 is 0 Å². The molecule has 1 rings (SSSR count). The van der Waals surface area contributed by atoms with Crippen molar-refractivity contribution in [2.75, 3.05) is 0 Å². The van der Waals surface area contributed by atoms with E-state index in [1.165, 1.54) is 19.4 Å². The average molecular weight is 320 g/mol. The molecule has 0 fully saturated rings. The molecule has 0 saturated heterocycles. The van der Waals surface area contributed by atoms with E-state index in [4.69, 9.17) is 0 Å². The Bertz CT molecular complexity index is 203. The van der Waals surface area contributed by atoms with Gasteiger partial charge in [-0.1, -0.05) is 13.8 Å². The maximum atomic E-state index is 3.95. The number of rotatable bonds is 2. The maximum absolute atomic E-state index is 3.95. The summed E-state index contributed by atoms with van der Waals surface area (Å²) in [4.78, 5) is 3.95. The van der Waals surface area contributed by atoms with Gasteiger partial charge in [-0.15, -0.1) is 0 Å². The van der Waals surface area contributed by atoms with E-state index in [0.717, 1.165) is 0 Å². The average Bonchev–Trinajstić information content (AvgIpc) is 2.57. The van der Waals surface area contributed by atoms with Gasteiger partial charge in [-0.05, 0) is 0 Å². The topological polar surface area (TPSA) is 39.4 Å². The third kappa shape index (κ3) is 4.79. The quantitative estimate of drug-likeness (QED) is 0.766. The van der Waals surface area contributed by atoms with E-state index in [0.29, 0.717) is 5.82 Å². The van der Waals surface area contributed by atoms with E-state index in [-0.39, 0.29) is 0 Å². The molecule has 0 radical (unpaired) electrons. The van der Waals surface area contributed by atoms with Crippen LogP contribution in [0.5, 0.6) is 0 Å². The molecule has 0 atom stereocenters. The van der Waals surface area contributed by atoms with Crippen LogP contribution in [0.15, 0.2) is 17.3 Å². The van der Waals surface area contributed by atoms with Gasteiger partial charge in [0.05, 0.1) is 0 Å². The Morgan fingerprint density at radius 1 is 1.64 bits per heavy atom. The predicted octanol–water partition coefficient (Wildman–Crippen LogP) is 1.12. The fraction of sp³-hybridized carbons (Fsp3) is 0.286. The first-order valence-electron chi connectivity index (χ1n) is 3.35. The zero-order valence-electron chi connectivity index (χ0n) is 6.56. The van der Waals surface area contributed by atoms with Crippen LogP contribution in [0.1, 0.15) is 13.8 Å². The Labute approximate surface area is 77.3 Å². The molecule has 0 saturated carbocycles. The Balaban J connectivity index is 0.000000461. The van der Waals surface area contributed by atoms with Gasteiger partial charge in [-0.25, -0.2) is 0 Å². The molecule has 4 heteroatoms. The van der Waals surface area contributed by atoms with Crippen molar-refractivity contribution in [1.82, 2.24) is 10.2 Å². The van der Waals surface area contributed by atoms with Crippen molar-refractivity contribution in [2.45, 2.75) is 13.8 Å². The summed E-state index contributed by atoms with van der Waals surface area (Å²) in [5, 5.41) is 7.30. The molecule has 1 aromatic rings. The summed E-state index contributed by atoms with van der Waals surface area (Å²) in [5.74, 6) is 0.674. The number of hydrogen-bond acceptors (Lipinski definition) is 2. The van der Waals surface area contributed by atoms with Crippen molar-refractivity contribution in [3.05, 3.63) is 12.3 Å². The summed E-state index contributed by atoms with van der Waals surface area (Å²) in [6.07, 6.45) is 3.34. The van der Waals surface area contributed by atoms with Gasteiger partial charge in [0.1, 0.15) is 0 Å².